The average molecular weight is 557 g/mol. The number of morpholine rings is 1. The number of alkyl carbamates (subject to hydrolysis) is 1. The molecule has 0 saturated carbocycles. The smallest absolute Gasteiger partial charge is 0.406 e. The number of halogens is 1. The van der Waals surface area contributed by atoms with Gasteiger partial charge in [0.25, 0.3) is 0 Å². The molecule has 214 valence electrons. The highest BCUT2D eigenvalue weighted by Gasteiger charge is 2.34. The maximum Gasteiger partial charge on any atom is 0.406 e. The first kappa shape index (κ1) is 30.4. The second kappa shape index (κ2) is 16.1. The van der Waals surface area contributed by atoms with E-state index in [4.69, 9.17) is 25.8 Å². The molecule has 2 aliphatic heterocycles. The van der Waals surface area contributed by atoms with Crippen LogP contribution in [-0.2, 0) is 18.9 Å². The van der Waals surface area contributed by atoms with Crippen molar-refractivity contribution in [2.24, 2.45) is 5.92 Å². The standard InChI is InChI=1S/C26H41ClN4O7/c1-28-16-22(32)21(14-18-6-10-36-11-7-18)30-25(33)31-9-13-37-23(17-31)24(19-4-3-5-20(27)15-19)38-12-8-29-26(34)35-2/h3-5,15,18,21-24,28,32H,6-14,16-17H2,1-2H3,(H,29,34)(H,30,33)/t21?,22-,23?,24+/m1/s1. The zero-order valence-electron chi connectivity index (χ0n) is 22.2. The van der Waals surface area contributed by atoms with E-state index in [1.807, 2.05) is 12.1 Å². The molecule has 2 unspecified atom stereocenters. The molecule has 2 aliphatic rings. The number of rotatable bonds is 12. The fourth-order valence-corrected chi connectivity index (χ4v) is 5.01. The van der Waals surface area contributed by atoms with Gasteiger partial charge in [0.2, 0.25) is 0 Å². The Labute approximate surface area is 229 Å². The first-order valence-electron chi connectivity index (χ1n) is 13.2. The number of aliphatic hydroxyl groups is 1. The lowest BCUT2D eigenvalue weighted by Crippen LogP contribution is -2.56. The number of carbonyl (C=O) groups excluding carboxylic acids is 2. The minimum absolute atomic E-state index is 0.210. The zero-order valence-corrected chi connectivity index (χ0v) is 23.0. The van der Waals surface area contributed by atoms with Crippen LogP contribution in [-0.4, -0.2) is 107 Å². The van der Waals surface area contributed by atoms with Crippen molar-refractivity contribution in [3.63, 3.8) is 0 Å². The molecule has 0 aliphatic carbocycles. The van der Waals surface area contributed by atoms with E-state index in [0.717, 1.165) is 18.4 Å². The molecule has 0 bridgehead atoms. The van der Waals surface area contributed by atoms with Gasteiger partial charge in [-0.3, -0.25) is 0 Å². The van der Waals surface area contributed by atoms with Crippen LogP contribution in [0.5, 0.6) is 0 Å². The number of aliphatic hydroxyl groups excluding tert-OH is 1. The molecule has 38 heavy (non-hydrogen) atoms. The van der Waals surface area contributed by atoms with Gasteiger partial charge in [-0.15, -0.1) is 0 Å². The molecule has 2 heterocycles. The van der Waals surface area contributed by atoms with Gasteiger partial charge in [0.1, 0.15) is 12.2 Å². The third-order valence-electron chi connectivity index (χ3n) is 6.86. The summed E-state index contributed by atoms with van der Waals surface area (Å²) < 4.78 is 22.2. The van der Waals surface area contributed by atoms with Crippen molar-refractivity contribution in [2.75, 3.05) is 66.8 Å². The third kappa shape index (κ3) is 9.55. The zero-order chi connectivity index (χ0) is 27.3. The number of hydrogen-bond donors (Lipinski definition) is 4. The van der Waals surface area contributed by atoms with Gasteiger partial charge >= 0.3 is 12.1 Å². The van der Waals surface area contributed by atoms with Gasteiger partial charge in [-0.25, -0.2) is 9.59 Å². The van der Waals surface area contributed by atoms with Crippen LogP contribution in [0.4, 0.5) is 9.59 Å². The van der Waals surface area contributed by atoms with Crippen LogP contribution in [0.2, 0.25) is 5.02 Å². The molecule has 0 radical (unpaired) electrons. The number of nitrogens with one attached hydrogen (secondary N) is 3. The molecule has 3 amide bonds. The van der Waals surface area contributed by atoms with Crippen molar-refractivity contribution in [2.45, 2.75) is 43.6 Å². The fourth-order valence-electron chi connectivity index (χ4n) is 4.81. The van der Waals surface area contributed by atoms with E-state index in [-0.39, 0.29) is 25.2 Å². The highest BCUT2D eigenvalue weighted by atomic mass is 35.5. The molecule has 0 spiro atoms. The Morgan fingerprint density at radius 3 is 2.76 bits per heavy atom. The Balaban J connectivity index is 1.66. The van der Waals surface area contributed by atoms with Crippen molar-refractivity contribution >= 4 is 23.7 Å². The minimum Gasteiger partial charge on any atom is -0.453 e. The molecule has 3 rings (SSSR count). The number of likely N-dealkylation sites (N-methyl/N-ethyl adjacent to an activating group) is 1. The summed E-state index contributed by atoms with van der Waals surface area (Å²) in [7, 11) is 3.08. The molecule has 1 aromatic carbocycles. The van der Waals surface area contributed by atoms with E-state index >= 15 is 0 Å². The minimum atomic E-state index is -0.714. The second-order valence-corrected chi connectivity index (χ2v) is 10.0. The number of amides is 3. The number of hydrogen-bond acceptors (Lipinski definition) is 8. The van der Waals surface area contributed by atoms with Crippen LogP contribution in [0, 0.1) is 5.92 Å². The van der Waals surface area contributed by atoms with Crippen LogP contribution in [0.1, 0.15) is 30.9 Å². The molecule has 1 aromatic rings. The van der Waals surface area contributed by atoms with Crippen molar-refractivity contribution in [3.05, 3.63) is 34.9 Å². The quantitative estimate of drug-likeness (QED) is 0.287. The van der Waals surface area contributed by atoms with Gasteiger partial charge in [-0.05, 0) is 49.9 Å². The van der Waals surface area contributed by atoms with Gasteiger partial charge in [0.05, 0.1) is 39.0 Å². The van der Waals surface area contributed by atoms with E-state index in [0.29, 0.717) is 56.8 Å². The van der Waals surface area contributed by atoms with Crippen molar-refractivity contribution < 1.29 is 33.6 Å². The van der Waals surface area contributed by atoms with Crippen LogP contribution in [0.25, 0.3) is 0 Å². The average Bonchev–Trinajstić information content (AvgIpc) is 2.93. The molecular formula is C26H41ClN4O7. The predicted molar refractivity (Wildman–Crippen MR) is 142 cm³/mol. The number of carbonyl (C=O) groups is 2. The maximum absolute atomic E-state index is 13.4. The summed E-state index contributed by atoms with van der Waals surface area (Å²) >= 11 is 6.24. The summed E-state index contributed by atoms with van der Waals surface area (Å²) in [5.41, 5.74) is 0.810. The van der Waals surface area contributed by atoms with E-state index in [1.165, 1.54) is 7.11 Å². The van der Waals surface area contributed by atoms with Crippen molar-refractivity contribution in [1.29, 1.82) is 0 Å². The first-order valence-corrected chi connectivity index (χ1v) is 13.5. The third-order valence-corrected chi connectivity index (χ3v) is 7.10. The normalized spacial score (nSPS) is 20.8. The van der Waals surface area contributed by atoms with Crippen LogP contribution in [0.3, 0.4) is 0 Å². The summed E-state index contributed by atoms with van der Waals surface area (Å²) in [5, 5.41) is 20.0. The Bertz CT molecular complexity index is 874. The predicted octanol–water partition coefficient (Wildman–Crippen LogP) is 1.93. The second-order valence-electron chi connectivity index (χ2n) is 9.59. The monoisotopic (exact) mass is 556 g/mol. The molecule has 11 nitrogen and oxygen atoms in total. The van der Waals surface area contributed by atoms with Gasteiger partial charge in [0.15, 0.2) is 0 Å². The lowest BCUT2D eigenvalue weighted by atomic mass is 9.90. The van der Waals surface area contributed by atoms with Gasteiger partial charge < -0.3 is 44.9 Å². The molecule has 4 atom stereocenters. The highest BCUT2D eigenvalue weighted by Crippen LogP contribution is 2.28. The Morgan fingerprint density at radius 1 is 1.26 bits per heavy atom. The SMILES string of the molecule is CNC[C@@H](O)C(CC1CCOCC1)NC(=O)N1CCOC([C@@H](OCCNC(=O)OC)c2cccc(Cl)c2)C1. The lowest BCUT2D eigenvalue weighted by molar-refractivity contribution is -0.105. The largest absolute Gasteiger partial charge is 0.453 e. The molecule has 2 saturated heterocycles. The van der Waals surface area contributed by atoms with Gasteiger partial charge in [0, 0.05) is 37.9 Å². The Hall–Kier alpha value is -2.15. The van der Waals surface area contributed by atoms with Crippen molar-refractivity contribution in [3.8, 4) is 0 Å². The molecule has 12 heteroatoms. The first-order chi connectivity index (χ1) is 18.4. The summed E-state index contributed by atoms with van der Waals surface area (Å²) in [5.74, 6) is 0.386. The van der Waals surface area contributed by atoms with E-state index in [2.05, 4.69) is 20.7 Å². The molecule has 0 aromatic heterocycles. The molecule has 2 fully saturated rings. The topological polar surface area (TPSA) is 131 Å². The Morgan fingerprint density at radius 2 is 2.05 bits per heavy atom. The van der Waals surface area contributed by atoms with Crippen LogP contribution >= 0.6 is 11.6 Å². The van der Waals surface area contributed by atoms with E-state index in [1.54, 1.807) is 24.1 Å². The fraction of sp³-hybridized carbons (Fsp3) is 0.692. The lowest BCUT2D eigenvalue weighted by Gasteiger charge is -2.38. The number of benzene rings is 1. The number of urea groups is 1. The summed E-state index contributed by atoms with van der Waals surface area (Å²) in [6, 6.07) is 6.67. The van der Waals surface area contributed by atoms with Crippen LogP contribution in [0.15, 0.2) is 24.3 Å². The van der Waals surface area contributed by atoms with Gasteiger partial charge in [-0.1, -0.05) is 23.7 Å². The maximum atomic E-state index is 13.4. The van der Waals surface area contributed by atoms with Gasteiger partial charge in [-0.2, -0.15) is 0 Å². The highest BCUT2D eigenvalue weighted by molar-refractivity contribution is 6.30. The number of methoxy groups -OCH3 is 1. The molecular weight excluding hydrogens is 516 g/mol. The van der Waals surface area contributed by atoms with E-state index < -0.39 is 24.4 Å². The number of ether oxygens (including phenoxy) is 4. The van der Waals surface area contributed by atoms with Crippen molar-refractivity contribution in [1.82, 2.24) is 20.9 Å². The number of nitrogens with zero attached hydrogens (tertiary/aromatic N) is 1. The van der Waals surface area contributed by atoms with E-state index in [9.17, 15) is 14.7 Å². The summed E-state index contributed by atoms with van der Waals surface area (Å²) in [6.07, 6.45) is 0.296. The van der Waals surface area contributed by atoms with Crippen LogP contribution < -0.4 is 16.0 Å². The molecule has 4 N–H and O–H groups in total. The summed E-state index contributed by atoms with van der Waals surface area (Å²) in [4.78, 5) is 26.4. The Kier molecular flexibility index (Phi) is 12.9. The summed E-state index contributed by atoms with van der Waals surface area (Å²) in [6.45, 7) is 3.30.